The van der Waals surface area contributed by atoms with Crippen LogP contribution in [0.5, 0.6) is 5.75 Å². The molecule has 0 fully saturated rings. The lowest BCUT2D eigenvalue weighted by atomic mass is 10.1. The molecule has 0 unspecified atom stereocenters. The molecule has 0 saturated carbocycles. The zero-order chi connectivity index (χ0) is 15.9. The van der Waals surface area contributed by atoms with Gasteiger partial charge in [0.1, 0.15) is 11.6 Å². The molecule has 2 aromatic carbocycles. The van der Waals surface area contributed by atoms with Crippen LogP contribution in [0.4, 0.5) is 0 Å². The minimum absolute atomic E-state index is 0.204. The van der Waals surface area contributed by atoms with Crippen LogP contribution < -0.4 is 4.74 Å². The molecule has 0 radical (unpaired) electrons. The summed E-state index contributed by atoms with van der Waals surface area (Å²) in [6, 6.07) is 9.63. The zero-order valence-electron chi connectivity index (χ0n) is 12.6. The Balaban J connectivity index is 1.94. The Morgan fingerprint density at radius 2 is 1.73 bits per heavy atom. The van der Waals surface area contributed by atoms with Crippen LogP contribution in [0.3, 0.4) is 0 Å². The van der Waals surface area contributed by atoms with E-state index in [9.17, 15) is 0 Å². The SMILES string of the molecule is Cc1cccc(C)c1O[C@H](C)c1nc2cc(Cl)c(Cl)cc2[nH]1. The van der Waals surface area contributed by atoms with Crippen LogP contribution in [0.15, 0.2) is 30.3 Å². The number of rotatable bonds is 3. The Bertz CT molecular complexity index is 783. The highest BCUT2D eigenvalue weighted by Gasteiger charge is 2.15. The summed E-state index contributed by atoms with van der Waals surface area (Å²) in [6.07, 6.45) is -0.204. The highest BCUT2D eigenvalue weighted by atomic mass is 35.5. The lowest BCUT2D eigenvalue weighted by Gasteiger charge is -2.16. The van der Waals surface area contributed by atoms with Crippen LogP contribution in [-0.4, -0.2) is 9.97 Å². The monoisotopic (exact) mass is 334 g/mol. The van der Waals surface area contributed by atoms with Gasteiger partial charge in [0, 0.05) is 0 Å². The number of hydrogen-bond donors (Lipinski definition) is 1. The Morgan fingerprint density at radius 1 is 1.09 bits per heavy atom. The summed E-state index contributed by atoms with van der Waals surface area (Å²) in [6.45, 7) is 6.03. The molecular weight excluding hydrogens is 319 g/mol. The molecule has 0 spiro atoms. The van der Waals surface area contributed by atoms with Gasteiger partial charge in [-0.3, -0.25) is 0 Å². The van der Waals surface area contributed by atoms with Crippen LogP contribution in [0.25, 0.3) is 11.0 Å². The van der Waals surface area contributed by atoms with Gasteiger partial charge in [-0.1, -0.05) is 41.4 Å². The maximum absolute atomic E-state index is 6.09. The molecule has 3 aromatic rings. The van der Waals surface area contributed by atoms with Crippen molar-refractivity contribution in [2.75, 3.05) is 0 Å². The van der Waals surface area contributed by atoms with Crippen LogP contribution in [0, 0.1) is 13.8 Å². The molecule has 0 aliphatic rings. The average molecular weight is 335 g/mol. The van der Waals surface area contributed by atoms with Crippen molar-refractivity contribution in [2.45, 2.75) is 26.9 Å². The van der Waals surface area contributed by atoms with E-state index in [1.807, 2.05) is 39.0 Å². The number of benzene rings is 2. The third kappa shape index (κ3) is 2.79. The second kappa shape index (κ2) is 5.82. The molecule has 1 aromatic heterocycles. The number of nitrogens with one attached hydrogen (secondary N) is 1. The van der Waals surface area contributed by atoms with Crippen molar-refractivity contribution in [2.24, 2.45) is 0 Å². The van der Waals surface area contributed by atoms with Crippen molar-refractivity contribution in [1.82, 2.24) is 9.97 Å². The van der Waals surface area contributed by atoms with Gasteiger partial charge < -0.3 is 9.72 Å². The van der Waals surface area contributed by atoms with E-state index in [0.29, 0.717) is 10.0 Å². The Morgan fingerprint density at radius 3 is 2.41 bits per heavy atom. The quantitative estimate of drug-likeness (QED) is 0.674. The first-order chi connectivity index (χ1) is 10.5. The van der Waals surface area contributed by atoms with Gasteiger partial charge >= 0.3 is 0 Å². The molecule has 1 heterocycles. The lowest BCUT2D eigenvalue weighted by molar-refractivity contribution is 0.215. The highest BCUT2D eigenvalue weighted by Crippen LogP contribution is 2.30. The van der Waals surface area contributed by atoms with E-state index in [4.69, 9.17) is 27.9 Å². The molecule has 5 heteroatoms. The number of hydrogen-bond acceptors (Lipinski definition) is 2. The van der Waals surface area contributed by atoms with Crippen molar-refractivity contribution >= 4 is 34.2 Å². The first kappa shape index (κ1) is 15.2. The van der Waals surface area contributed by atoms with E-state index >= 15 is 0 Å². The summed E-state index contributed by atoms with van der Waals surface area (Å²) in [7, 11) is 0. The number of aryl methyl sites for hydroxylation is 2. The fraction of sp³-hybridized carbons (Fsp3) is 0.235. The lowest BCUT2D eigenvalue weighted by Crippen LogP contribution is -2.07. The van der Waals surface area contributed by atoms with Gasteiger partial charge in [-0.05, 0) is 44.0 Å². The van der Waals surface area contributed by atoms with E-state index in [0.717, 1.165) is 33.7 Å². The number of fused-ring (bicyclic) bond motifs is 1. The van der Waals surface area contributed by atoms with Crippen molar-refractivity contribution in [3.63, 3.8) is 0 Å². The summed E-state index contributed by atoms with van der Waals surface area (Å²) in [4.78, 5) is 7.79. The first-order valence-corrected chi connectivity index (χ1v) is 7.79. The summed E-state index contributed by atoms with van der Waals surface area (Å²) in [5, 5.41) is 1.00. The maximum Gasteiger partial charge on any atom is 0.153 e. The largest absolute Gasteiger partial charge is 0.482 e. The molecule has 0 bridgehead atoms. The number of nitrogens with zero attached hydrogens (tertiary/aromatic N) is 1. The van der Waals surface area contributed by atoms with Crippen molar-refractivity contribution < 1.29 is 4.74 Å². The van der Waals surface area contributed by atoms with Gasteiger partial charge in [-0.15, -0.1) is 0 Å². The molecule has 22 heavy (non-hydrogen) atoms. The molecular formula is C17H16Cl2N2O. The molecule has 0 aliphatic carbocycles. The zero-order valence-corrected chi connectivity index (χ0v) is 14.1. The topological polar surface area (TPSA) is 37.9 Å². The summed E-state index contributed by atoms with van der Waals surface area (Å²) in [5.74, 6) is 1.64. The number of para-hydroxylation sites is 1. The van der Waals surface area contributed by atoms with Gasteiger partial charge in [-0.2, -0.15) is 0 Å². The highest BCUT2D eigenvalue weighted by molar-refractivity contribution is 6.42. The summed E-state index contributed by atoms with van der Waals surface area (Å²) < 4.78 is 6.09. The van der Waals surface area contributed by atoms with Crippen molar-refractivity contribution in [3.8, 4) is 5.75 Å². The molecule has 114 valence electrons. The fourth-order valence-electron chi connectivity index (χ4n) is 2.43. The molecule has 0 aliphatic heterocycles. The molecule has 0 amide bonds. The van der Waals surface area contributed by atoms with E-state index in [1.54, 1.807) is 12.1 Å². The third-order valence-corrected chi connectivity index (χ3v) is 4.35. The first-order valence-electron chi connectivity index (χ1n) is 7.03. The third-order valence-electron chi connectivity index (χ3n) is 3.63. The van der Waals surface area contributed by atoms with E-state index in [-0.39, 0.29) is 6.10 Å². The van der Waals surface area contributed by atoms with Crippen molar-refractivity contribution in [3.05, 3.63) is 57.3 Å². The number of halogens is 2. The molecule has 3 nitrogen and oxygen atoms in total. The van der Waals surface area contributed by atoms with Gasteiger partial charge in [0.2, 0.25) is 0 Å². The normalized spacial score (nSPS) is 12.6. The predicted molar refractivity (Wildman–Crippen MR) is 91.1 cm³/mol. The summed E-state index contributed by atoms with van der Waals surface area (Å²) in [5.41, 5.74) is 3.84. The Kier molecular flexibility index (Phi) is 4.02. The van der Waals surface area contributed by atoms with E-state index in [2.05, 4.69) is 9.97 Å². The van der Waals surface area contributed by atoms with Gasteiger partial charge in [0.15, 0.2) is 6.10 Å². The standard InChI is InChI=1S/C17H16Cl2N2O/c1-9-5-4-6-10(2)16(9)22-11(3)17-20-14-7-12(18)13(19)8-15(14)21-17/h4-8,11H,1-3H3,(H,20,21)/t11-/m1/s1. The minimum atomic E-state index is -0.204. The molecule has 1 atom stereocenters. The second-order valence-electron chi connectivity index (χ2n) is 5.39. The van der Waals surface area contributed by atoms with Gasteiger partial charge in [0.05, 0.1) is 21.1 Å². The van der Waals surface area contributed by atoms with Gasteiger partial charge in [0.25, 0.3) is 0 Å². The summed E-state index contributed by atoms with van der Waals surface area (Å²) >= 11 is 12.1. The van der Waals surface area contributed by atoms with Crippen LogP contribution in [0.1, 0.15) is 30.0 Å². The van der Waals surface area contributed by atoms with Crippen LogP contribution in [-0.2, 0) is 0 Å². The number of ether oxygens (including phenoxy) is 1. The molecule has 3 rings (SSSR count). The van der Waals surface area contributed by atoms with Crippen LogP contribution in [0.2, 0.25) is 10.0 Å². The Hall–Kier alpha value is -1.71. The number of H-pyrrole nitrogens is 1. The van der Waals surface area contributed by atoms with Gasteiger partial charge in [-0.25, -0.2) is 4.98 Å². The average Bonchev–Trinajstić information content (AvgIpc) is 2.86. The van der Waals surface area contributed by atoms with E-state index in [1.165, 1.54) is 0 Å². The maximum atomic E-state index is 6.09. The molecule has 1 N–H and O–H groups in total. The number of aromatic amines is 1. The number of imidazole rings is 1. The van der Waals surface area contributed by atoms with Crippen LogP contribution >= 0.6 is 23.2 Å². The minimum Gasteiger partial charge on any atom is -0.482 e. The number of aromatic nitrogens is 2. The van der Waals surface area contributed by atoms with E-state index < -0.39 is 0 Å². The predicted octanol–water partition coefficient (Wildman–Crippen LogP) is 5.63. The smallest absolute Gasteiger partial charge is 0.153 e. The Labute approximate surface area is 139 Å². The molecule has 0 saturated heterocycles. The van der Waals surface area contributed by atoms with Crippen molar-refractivity contribution in [1.29, 1.82) is 0 Å². The fourth-order valence-corrected chi connectivity index (χ4v) is 2.76. The second-order valence-corrected chi connectivity index (χ2v) is 6.20.